The molecule has 0 spiro atoms. The maximum Gasteiger partial charge on any atom is 0.262 e. The zero-order valence-corrected chi connectivity index (χ0v) is 16.1. The van der Waals surface area contributed by atoms with Crippen molar-refractivity contribution < 1.29 is 14.4 Å². The van der Waals surface area contributed by atoms with Gasteiger partial charge in [0.1, 0.15) is 6.54 Å². The van der Waals surface area contributed by atoms with E-state index in [4.69, 9.17) is 0 Å². The molecule has 1 fully saturated rings. The molecule has 144 valence electrons. The largest absolute Gasteiger partial charge is 0.368 e. The van der Waals surface area contributed by atoms with Crippen LogP contribution in [0.15, 0.2) is 42.5 Å². The van der Waals surface area contributed by atoms with E-state index in [-0.39, 0.29) is 24.3 Å². The second-order valence-corrected chi connectivity index (χ2v) is 7.45. The van der Waals surface area contributed by atoms with Crippen LogP contribution in [-0.4, -0.2) is 60.2 Å². The number of nitrogens with zero attached hydrogens (tertiary/aromatic N) is 3. The molecule has 0 N–H and O–H groups in total. The summed E-state index contributed by atoms with van der Waals surface area (Å²) in [5.41, 5.74) is 4.05. The summed E-state index contributed by atoms with van der Waals surface area (Å²) in [5, 5.41) is 0. The minimum Gasteiger partial charge on any atom is -0.368 e. The highest BCUT2D eigenvalue weighted by Crippen LogP contribution is 2.24. The van der Waals surface area contributed by atoms with Gasteiger partial charge in [-0.15, -0.1) is 0 Å². The predicted octanol–water partition coefficient (Wildman–Crippen LogP) is 2.25. The van der Waals surface area contributed by atoms with Crippen LogP contribution in [0.4, 0.5) is 5.69 Å². The van der Waals surface area contributed by atoms with Crippen LogP contribution in [0.2, 0.25) is 0 Å². The molecule has 0 radical (unpaired) electrons. The third-order valence-corrected chi connectivity index (χ3v) is 5.42. The van der Waals surface area contributed by atoms with Crippen LogP contribution in [0.3, 0.4) is 0 Å². The van der Waals surface area contributed by atoms with Gasteiger partial charge in [0.15, 0.2) is 0 Å². The molecule has 28 heavy (non-hydrogen) atoms. The van der Waals surface area contributed by atoms with E-state index in [2.05, 4.69) is 30.0 Å². The summed E-state index contributed by atoms with van der Waals surface area (Å²) in [6.07, 6.45) is 0. The molecule has 0 saturated carbocycles. The standard InChI is InChI=1S/C22H23N3O3/c1-15-4-3-5-17(12-15)23-8-10-24(11-9-23)20(26)14-25-21(27)18-7-6-16(2)13-19(18)22(25)28/h3-7,12-13H,8-11,14H2,1-2H3. The molecule has 6 nitrogen and oxygen atoms in total. The van der Waals surface area contributed by atoms with Crippen LogP contribution in [-0.2, 0) is 4.79 Å². The highest BCUT2D eigenvalue weighted by Gasteiger charge is 2.37. The molecule has 0 aromatic heterocycles. The molecular weight excluding hydrogens is 354 g/mol. The molecule has 2 aromatic rings. The number of fused-ring (bicyclic) bond motifs is 1. The molecule has 2 aliphatic heterocycles. The maximum absolute atomic E-state index is 12.7. The number of rotatable bonds is 3. The van der Waals surface area contributed by atoms with Crippen LogP contribution < -0.4 is 4.90 Å². The summed E-state index contributed by atoms with van der Waals surface area (Å²) in [6.45, 7) is 6.36. The fraction of sp³-hybridized carbons (Fsp3) is 0.318. The number of hydrogen-bond donors (Lipinski definition) is 0. The van der Waals surface area contributed by atoms with Crippen molar-refractivity contribution in [2.75, 3.05) is 37.6 Å². The highest BCUT2D eigenvalue weighted by atomic mass is 16.2. The van der Waals surface area contributed by atoms with Crippen LogP contribution in [0.25, 0.3) is 0 Å². The average Bonchev–Trinajstić information content (AvgIpc) is 2.92. The number of aryl methyl sites for hydroxylation is 2. The van der Waals surface area contributed by atoms with Gasteiger partial charge in [-0.3, -0.25) is 19.3 Å². The molecule has 2 aromatic carbocycles. The van der Waals surface area contributed by atoms with Crippen molar-refractivity contribution in [3.8, 4) is 0 Å². The van der Waals surface area contributed by atoms with E-state index in [1.165, 1.54) is 5.56 Å². The number of carbonyl (C=O) groups is 3. The van der Waals surface area contributed by atoms with Crippen LogP contribution >= 0.6 is 0 Å². The van der Waals surface area contributed by atoms with Gasteiger partial charge in [0.25, 0.3) is 11.8 Å². The van der Waals surface area contributed by atoms with Gasteiger partial charge in [0.2, 0.25) is 5.91 Å². The Morgan fingerprint density at radius 1 is 0.857 bits per heavy atom. The smallest absolute Gasteiger partial charge is 0.262 e. The Bertz CT molecular complexity index is 961. The third kappa shape index (κ3) is 3.26. The number of anilines is 1. The minimum atomic E-state index is -0.383. The van der Waals surface area contributed by atoms with E-state index in [1.54, 1.807) is 23.1 Å². The van der Waals surface area contributed by atoms with Gasteiger partial charge in [-0.1, -0.05) is 23.8 Å². The first-order chi connectivity index (χ1) is 13.4. The molecule has 6 heteroatoms. The molecule has 1 saturated heterocycles. The van der Waals surface area contributed by atoms with E-state index < -0.39 is 0 Å². The number of hydrogen-bond acceptors (Lipinski definition) is 4. The first kappa shape index (κ1) is 18.2. The Labute approximate surface area is 164 Å². The molecule has 0 aliphatic carbocycles. The van der Waals surface area contributed by atoms with Crippen LogP contribution in [0.5, 0.6) is 0 Å². The van der Waals surface area contributed by atoms with Gasteiger partial charge in [-0.05, 0) is 43.7 Å². The zero-order valence-electron chi connectivity index (χ0n) is 16.1. The lowest BCUT2D eigenvalue weighted by Gasteiger charge is -2.36. The average molecular weight is 377 g/mol. The topological polar surface area (TPSA) is 60.9 Å². The minimum absolute atomic E-state index is 0.185. The van der Waals surface area contributed by atoms with Crippen LogP contribution in [0, 0.1) is 13.8 Å². The number of imide groups is 1. The maximum atomic E-state index is 12.7. The molecule has 4 rings (SSSR count). The Balaban J connectivity index is 1.39. The van der Waals surface area contributed by atoms with Crippen molar-refractivity contribution in [1.82, 2.24) is 9.80 Å². The number of benzene rings is 2. The lowest BCUT2D eigenvalue weighted by Crippen LogP contribution is -2.51. The van der Waals surface area contributed by atoms with Gasteiger partial charge < -0.3 is 9.80 Å². The highest BCUT2D eigenvalue weighted by molar-refractivity contribution is 6.22. The number of amides is 3. The normalized spacial score (nSPS) is 16.6. The van der Waals surface area contributed by atoms with Gasteiger partial charge in [-0.25, -0.2) is 0 Å². The Kier molecular flexibility index (Phi) is 4.63. The van der Waals surface area contributed by atoms with E-state index in [1.807, 2.05) is 13.0 Å². The Morgan fingerprint density at radius 3 is 2.25 bits per heavy atom. The molecule has 2 heterocycles. The summed E-state index contributed by atoms with van der Waals surface area (Å²) in [5.74, 6) is -0.947. The summed E-state index contributed by atoms with van der Waals surface area (Å²) in [6, 6.07) is 13.5. The summed E-state index contributed by atoms with van der Waals surface area (Å²) in [4.78, 5) is 42.9. The fourth-order valence-electron chi connectivity index (χ4n) is 3.82. The van der Waals surface area contributed by atoms with Crippen molar-refractivity contribution in [2.45, 2.75) is 13.8 Å². The molecule has 0 atom stereocenters. The van der Waals surface area contributed by atoms with Crippen molar-refractivity contribution in [3.63, 3.8) is 0 Å². The van der Waals surface area contributed by atoms with Crippen molar-refractivity contribution >= 4 is 23.4 Å². The third-order valence-electron chi connectivity index (χ3n) is 5.42. The first-order valence-electron chi connectivity index (χ1n) is 9.50. The Hall–Kier alpha value is -3.15. The number of piperazine rings is 1. The van der Waals surface area contributed by atoms with Crippen molar-refractivity contribution in [2.24, 2.45) is 0 Å². The van der Waals surface area contributed by atoms with Gasteiger partial charge >= 0.3 is 0 Å². The van der Waals surface area contributed by atoms with Gasteiger partial charge in [0.05, 0.1) is 11.1 Å². The van der Waals surface area contributed by atoms with Gasteiger partial charge in [-0.2, -0.15) is 0 Å². The van der Waals surface area contributed by atoms with Crippen LogP contribution in [0.1, 0.15) is 31.8 Å². The summed E-state index contributed by atoms with van der Waals surface area (Å²) >= 11 is 0. The Morgan fingerprint density at radius 2 is 1.54 bits per heavy atom. The predicted molar refractivity (Wildman–Crippen MR) is 107 cm³/mol. The number of carbonyl (C=O) groups excluding carboxylic acids is 3. The lowest BCUT2D eigenvalue weighted by molar-refractivity contribution is -0.131. The van der Waals surface area contributed by atoms with E-state index in [9.17, 15) is 14.4 Å². The first-order valence-corrected chi connectivity index (χ1v) is 9.50. The zero-order chi connectivity index (χ0) is 19.8. The van der Waals surface area contributed by atoms with E-state index >= 15 is 0 Å². The SMILES string of the molecule is Cc1cccc(N2CCN(C(=O)CN3C(=O)c4ccc(C)cc4C3=O)CC2)c1. The molecule has 0 unspecified atom stereocenters. The molecule has 2 aliphatic rings. The molecular formula is C22H23N3O3. The monoisotopic (exact) mass is 377 g/mol. The molecule has 3 amide bonds. The van der Waals surface area contributed by atoms with Gasteiger partial charge in [0, 0.05) is 31.9 Å². The van der Waals surface area contributed by atoms with E-state index in [0.717, 1.165) is 29.2 Å². The summed E-state index contributed by atoms with van der Waals surface area (Å²) in [7, 11) is 0. The van der Waals surface area contributed by atoms with E-state index in [0.29, 0.717) is 24.2 Å². The van der Waals surface area contributed by atoms with Crippen molar-refractivity contribution in [1.29, 1.82) is 0 Å². The quantitative estimate of drug-likeness (QED) is 0.770. The lowest BCUT2D eigenvalue weighted by atomic mass is 10.1. The summed E-state index contributed by atoms with van der Waals surface area (Å²) < 4.78 is 0. The fourth-order valence-corrected chi connectivity index (χ4v) is 3.82. The molecule has 0 bridgehead atoms. The second kappa shape index (κ2) is 7.11. The second-order valence-electron chi connectivity index (χ2n) is 7.45. The van der Waals surface area contributed by atoms with Crippen molar-refractivity contribution in [3.05, 3.63) is 64.7 Å².